The van der Waals surface area contributed by atoms with E-state index in [-0.39, 0.29) is 11.9 Å². The van der Waals surface area contributed by atoms with Gasteiger partial charge in [-0.25, -0.2) is 4.39 Å². The molecule has 1 aromatic carbocycles. The molecular formula is C15H22FNO2. The molecule has 1 aromatic rings. The highest BCUT2D eigenvalue weighted by Gasteiger charge is 2.27. The third-order valence-electron chi connectivity index (χ3n) is 3.86. The van der Waals surface area contributed by atoms with Crippen molar-refractivity contribution in [1.82, 2.24) is 4.90 Å². The van der Waals surface area contributed by atoms with Gasteiger partial charge in [0.1, 0.15) is 5.82 Å². The Morgan fingerprint density at radius 3 is 2.84 bits per heavy atom. The number of hydrogen-bond donors (Lipinski definition) is 2. The lowest BCUT2D eigenvalue weighted by Crippen LogP contribution is -2.47. The van der Waals surface area contributed by atoms with E-state index in [1.807, 2.05) is 0 Å². The molecule has 0 aromatic heterocycles. The predicted octanol–water partition coefficient (Wildman–Crippen LogP) is 2.09. The van der Waals surface area contributed by atoms with Crippen molar-refractivity contribution >= 4 is 0 Å². The number of rotatable bonds is 4. The number of likely N-dealkylation sites (tertiary alicyclic amines) is 1. The minimum absolute atomic E-state index is 0.0944. The fourth-order valence-electron chi connectivity index (χ4n) is 2.83. The van der Waals surface area contributed by atoms with Gasteiger partial charge in [0.25, 0.3) is 0 Å². The summed E-state index contributed by atoms with van der Waals surface area (Å²) in [6.07, 6.45) is 2.03. The van der Waals surface area contributed by atoms with Crippen LogP contribution in [-0.4, -0.2) is 40.3 Å². The van der Waals surface area contributed by atoms with Crippen LogP contribution in [0, 0.1) is 5.82 Å². The number of hydrogen-bond acceptors (Lipinski definition) is 3. The van der Waals surface area contributed by atoms with Gasteiger partial charge in [-0.3, -0.25) is 4.90 Å². The molecule has 0 unspecified atom stereocenters. The molecule has 3 atom stereocenters. The van der Waals surface area contributed by atoms with Crippen LogP contribution in [0.3, 0.4) is 0 Å². The molecule has 1 saturated heterocycles. The average Bonchev–Trinajstić information content (AvgIpc) is 2.39. The summed E-state index contributed by atoms with van der Waals surface area (Å²) in [5.74, 6) is -0.331. The zero-order valence-corrected chi connectivity index (χ0v) is 11.3. The lowest BCUT2D eigenvalue weighted by molar-refractivity contribution is 0.00757. The fraction of sp³-hybridized carbons (Fsp3) is 0.600. The quantitative estimate of drug-likeness (QED) is 0.878. The Kier molecular flexibility index (Phi) is 4.91. The van der Waals surface area contributed by atoms with E-state index in [0.29, 0.717) is 12.1 Å². The van der Waals surface area contributed by atoms with Crippen LogP contribution in [0.4, 0.5) is 4.39 Å². The largest absolute Gasteiger partial charge is 0.392 e. The van der Waals surface area contributed by atoms with Gasteiger partial charge in [0, 0.05) is 12.6 Å². The van der Waals surface area contributed by atoms with Crippen LogP contribution < -0.4 is 0 Å². The first kappa shape index (κ1) is 14.4. The van der Waals surface area contributed by atoms with Gasteiger partial charge in [-0.2, -0.15) is 0 Å². The molecule has 1 aliphatic rings. The third kappa shape index (κ3) is 3.75. The minimum Gasteiger partial charge on any atom is -0.392 e. The van der Waals surface area contributed by atoms with E-state index >= 15 is 0 Å². The number of piperidine rings is 1. The van der Waals surface area contributed by atoms with Crippen molar-refractivity contribution in [2.75, 3.05) is 13.1 Å². The summed E-state index contributed by atoms with van der Waals surface area (Å²) in [6.45, 7) is 3.11. The molecule has 19 heavy (non-hydrogen) atoms. The Morgan fingerprint density at radius 2 is 2.16 bits per heavy atom. The third-order valence-corrected chi connectivity index (χ3v) is 3.86. The summed E-state index contributed by atoms with van der Waals surface area (Å²) in [5.41, 5.74) is 0.593. The highest BCUT2D eigenvalue weighted by Crippen LogP contribution is 2.23. The fourth-order valence-corrected chi connectivity index (χ4v) is 2.83. The molecule has 3 nitrogen and oxygen atoms in total. The zero-order chi connectivity index (χ0) is 13.8. The Hall–Kier alpha value is -0.970. The van der Waals surface area contributed by atoms with Crippen LogP contribution in [0.25, 0.3) is 0 Å². The summed E-state index contributed by atoms with van der Waals surface area (Å²) in [4.78, 5) is 2.11. The Bertz CT molecular complexity index is 411. The topological polar surface area (TPSA) is 43.7 Å². The maximum absolute atomic E-state index is 13.1. The molecule has 0 radical (unpaired) electrons. The van der Waals surface area contributed by atoms with Crippen LogP contribution >= 0.6 is 0 Å². The van der Waals surface area contributed by atoms with Gasteiger partial charge in [0.05, 0.1) is 12.2 Å². The highest BCUT2D eigenvalue weighted by molar-refractivity contribution is 5.19. The lowest BCUT2D eigenvalue weighted by atomic mass is 9.97. The Labute approximate surface area is 113 Å². The smallest absolute Gasteiger partial charge is 0.123 e. The molecular weight excluding hydrogens is 245 g/mol. The van der Waals surface area contributed by atoms with Crippen molar-refractivity contribution in [3.8, 4) is 0 Å². The maximum Gasteiger partial charge on any atom is 0.123 e. The molecule has 4 heteroatoms. The number of nitrogens with zero attached hydrogens (tertiary/aromatic N) is 1. The highest BCUT2D eigenvalue weighted by atomic mass is 19.1. The van der Waals surface area contributed by atoms with E-state index in [1.165, 1.54) is 12.1 Å². The molecule has 1 heterocycles. The molecule has 2 N–H and O–H groups in total. The van der Waals surface area contributed by atoms with E-state index < -0.39 is 12.2 Å². The first-order valence-corrected chi connectivity index (χ1v) is 6.93. The van der Waals surface area contributed by atoms with Gasteiger partial charge in [-0.1, -0.05) is 18.6 Å². The molecule has 1 aliphatic heterocycles. The molecule has 0 aliphatic carbocycles. The summed E-state index contributed by atoms with van der Waals surface area (Å²) < 4.78 is 13.1. The summed E-state index contributed by atoms with van der Waals surface area (Å²) in [7, 11) is 0. The van der Waals surface area contributed by atoms with Crippen molar-refractivity contribution in [2.24, 2.45) is 0 Å². The van der Waals surface area contributed by atoms with Crippen molar-refractivity contribution < 1.29 is 14.6 Å². The van der Waals surface area contributed by atoms with E-state index in [1.54, 1.807) is 19.1 Å². The normalized spacial score (nSPS) is 24.1. The van der Waals surface area contributed by atoms with Crippen molar-refractivity contribution in [2.45, 2.75) is 44.4 Å². The van der Waals surface area contributed by atoms with Gasteiger partial charge in [0.2, 0.25) is 0 Å². The predicted molar refractivity (Wildman–Crippen MR) is 72.3 cm³/mol. The van der Waals surface area contributed by atoms with E-state index in [2.05, 4.69) is 4.90 Å². The molecule has 0 saturated carbocycles. The molecule has 106 valence electrons. The molecule has 1 fully saturated rings. The molecule has 2 rings (SSSR count). The van der Waals surface area contributed by atoms with Gasteiger partial charge in [-0.05, 0) is 44.0 Å². The van der Waals surface area contributed by atoms with Crippen molar-refractivity contribution in [3.63, 3.8) is 0 Å². The van der Waals surface area contributed by atoms with E-state index in [9.17, 15) is 14.6 Å². The Morgan fingerprint density at radius 1 is 1.37 bits per heavy atom. The Balaban J connectivity index is 2.02. The SMILES string of the molecule is C[C@H](O)[C@@H]1CCCCN1C[C@@H](O)c1cccc(F)c1. The van der Waals surface area contributed by atoms with Crippen LogP contribution in [0.1, 0.15) is 37.9 Å². The zero-order valence-electron chi connectivity index (χ0n) is 11.3. The van der Waals surface area contributed by atoms with E-state index in [4.69, 9.17) is 0 Å². The van der Waals surface area contributed by atoms with Crippen LogP contribution in [0.15, 0.2) is 24.3 Å². The van der Waals surface area contributed by atoms with E-state index in [0.717, 1.165) is 25.8 Å². The number of aliphatic hydroxyl groups is 2. The van der Waals surface area contributed by atoms with Crippen molar-refractivity contribution in [3.05, 3.63) is 35.6 Å². The molecule has 0 spiro atoms. The second-order valence-electron chi connectivity index (χ2n) is 5.37. The molecule has 0 amide bonds. The molecule has 0 bridgehead atoms. The number of halogens is 1. The summed E-state index contributed by atoms with van der Waals surface area (Å²) >= 11 is 0. The average molecular weight is 267 g/mol. The number of aliphatic hydroxyl groups excluding tert-OH is 2. The van der Waals surface area contributed by atoms with Gasteiger partial charge in [0.15, 0.2) is 0 Å². The van der Waals surface area contributed by atoms with Crippen LogP contribution in [0.2, 0.25) is 0 Å². The lowest BCUT2D eigenvalue weighted by Gasteiger charge is -2.38. The van der Waals surface area contributed by atoms with Crippen LogP contribution in [-0.2, 0) is 0 Å². The summed E-state index contributed by atoms with van der Waals surface area (Å²) in [5, 5.41) is 20.0. The second-order valence-corrected chi connectivity index (χ2v) is 5.37. The summed E-state index contributed by atoms with van der Waals surface area (Å²) in [6, 6.07) is 6.17. The second kappa shape index (κ2) is 6.46. The van der Waals surface area contributed by atoms with Gasteiger partial charge >= 0.3 is 0 Å². The number of β-amino-alcohol motifs (C(OH)–C–C–N with tert-alkyl or cyclic N) is 1. The standard InChI is InChI=1S/C15H22FNO2/c1-11(18)14-7-2-3-8-17(14)10-15(19)12-5-4-6-13(16)9-12/h4-6,9,11,14-15,18-19H,2-3,7-8,10H2,1H3/t11-,14-,15+/m0/s1. The van der Waals surface area contributed by atoms with Gasteiger partial charge in [-0.15, -0.1) is 0 Å². The number of benzene rings is 1. The monoisotopic (exact) mass is 267 g/mol. The first-order valence-electron chi connectivity index (χ1n) is 6.93. The first-order chi connectivity index (χ1) is 9.08. The van der Waals surface area contributed by atoms with Crippen LogP contribution in [0.5, 0.6) is 0 Å². The maximum atomic E-state index is 13.1. The van der Waals surface area contributed by atoms with Gasteiger partial charge < -0.3 is 10.2 Å². The minimum atomic E-state index is -0.713. The van der Waals surface area contributed by atoms with Crippen molar-refractivity contribution in [1.29, 1.82) is 0 Å².